The Balaban J connectivity index is 1.88. The molecule has 1 aromatic carbocycles. The molecule has 96 valence electrons. The van der Waals surface area contributed by atoms with Gasteiger partial charge in [0.15, 0.2) is 0 Å². The van der Waals surface area contributed by atoms with E-state index in [-0.39, 0.29) is 5.56 Å². The molecule has 0 aliphatic heterocycles. The molecular weight excluding hydrogens is 243 g/mol. The third kappa shape index (κ3) is 2.45. The smallest absolute Gasteiger partial charge is 0.143 e. The summed E-state index contributed by atoms with van der Waals surface area (Å²) in [5, 5.41) is 8.76. The topological polar surface area (TPSA) is 40.2 Å². The van der Waals surface area contributed by atoms with E-state index in [1.165, 1.54) is 12.1 Å². The lowest BCUT2D eigenvalue weighted by atomic mass is 10.2. The predicted octanol–water partition coefficient (Wildman–Crippen LogP) is 3.46. The van der Waals surface area contributed by atoms with Gasteiger partial charge in [0.2, 0.25) is 0 Å². The Bertz CT molecular complexity index is 612. The second-order valence-electron chi connectivity index (χ2n) is 4.71. The van der Waals surface area contributed by atoms with Gasteiger partial charge in [-0.15, -0.1) is 0 Å². The Labute approximate surface area is 110 Å². The van der Waals surface area contributed by atoms with E-state index >= 15 is 0 Å². The molecule has 2 aromatic rings. The molecule has 4 heteroatoms. The highest BCUT2D eigenvalue weighted by molar-refractivity contribution is 5.52. The summed E-state index contributed by atoms with van der Waals surface area (Å²) in [6, 6.07) is 10.8. The maximum atomic E-state index is 13.7. The molecule has 1 fully saturated rings. The summed E-state index contributed by atoms with van der Waals surface area (Å²) in [6.45, 7) is 0.628. The van der Waals surface area contributed by atoms with Crippen molar-refractivity contribution < 1.29 is 8.81 Å². The van der Waals surface area contributed by atoms with Gasteiger partial charge >= 0.3 is 0 Å². The molecule has 3 nitrogen and oxygen atoms in total. The zero-order chi connectivity index (χ0) is 13.2. The Morgan fingerprint density at radius 3 is 2.79 bits per heavy atom. The lowest BCUT2D eigenvalue weighted by molar-refractivity contribution is 0.501. The largest absolute Gasteiger partial charge is 0.467 e. The molecular formula is C15H13FN2O. The first-order valence-electron chi connectivity index (χ1n) is 6.26. The molecule has 0 saturated heterocycles. The summed E-state index contributed by atoms with van der Waals surface area (Å²) in [5.74, 6) is 0.391. The van der Waals surface area contributed by atoms with Crippen LogP contribution in [0.2, 0.25) is 0 Å². The van der Waals surface area contributed by atoms with Crippen molar-refractivity contribution >= 4 is 5.69 Å². The molecule has 1 heterocycles. The summed E-state index contributed by atoms with van der Waals surface area (Å²) in [4.78, 5) is 2.13. The van der Waals surface area contributed by atoms with Crippen LogP contribution in [0, 0.1) is 17.1 Å². The van der Waals surface area contributed by atoms with Crippen molar-refractivity contribution in [3.8, 4) is 6.07 Å². The Morgan fingerprint density at radius 2 is 2.21 bits per heavy atom. The first-order valence-corrected chi connectivity index (χ1v) is 6.26. The highest BCUT2D eigenvalue weighted by Gasteiger charge is 2.30. The monoisotopic (exact) mass is 256 g/mol. The standard InChI is InChI=1S/C15H13FN2O/c16-15-8-13(4-3-11(15)9-17)18(12-5-6-12)10-14-2-1-7-19-14/h1-4,7-8,12H,5-6,10H2. The fourth-order valence-corrected chi connectivity index (χ4v) is 2.16. The fraction of sp³-hybridized carbons (Fsp3) is 0.267. The molecule has 0 radical (unpaired) electrons. The van der Waals surface area contributed by atoms with Gasteiger partial charge in [-0.05, 0) is 43.2 Å². The molecule has 1 aliphatic rings. The summed E-state index contributed by atoms with van der Waals surface area (Å²) in [7, 11) is 0. The third-order valence-electron chi connectivity index (χ3n) is 3.30. The van der Waals surface area contributed by atoms with Crippen LogP contribution in [0.4, 0.5) is 10.1 Å². The Morgan fingerprint density at radius 1 is 1.37 bits per heavy atom. The van der Waals surface area contributed by atoms with E-state index in [0.717, 1.165) is 24.3 Å². The van der Waals surface area contributed by atoms with Gasteiger partial charge in [-0.1, -0.05) is 0 Å². The number of hydrogen-bond acceptors (Lipinski definition) is 3. The minimum absolute atomic E-state index is 0.0810. The molecule has 19 heavy (non-hydrogen) atoms. The Kier molecular flexibility index (Phi) is 2.96. The van der Waals surface area contributed by atoms with E-state index in [0.29, 0.717) is 12.6 Å². The Hall–Kier alpha value is -2.28. The van der Waals surface area contributed by atoms with Crippen molar-refractivity contribution in [1.29, 1.82) is 5.26 Å². The molecule has 0 atom stereocenters. The quantitative estimate of drug-likeness (QED) is 0.841. The first-order chi connectivity index (χ1) is 9.28. The van der Waals surface area contributed by atoms with E-state index in [4.69, 9.17) is 9.68 Å². The first kappa shape index (κ1) is 11.8. The van der Waals surface area contributed by atoms with Gasteiger partial charge in [0.1, 0.15) is 17.6 Å². The zero-order valence-corrected chi connectivity index (χ0v) is 10.3. The van der Waals surface area contributed by atoms with Gasteiger partial charge in [0, 0.05) is 11.7 Å². The average molecular weight is 256 g/mol. The number of furan rings is 1. The average Bonchev–Trinajstić information content (AvgIpc) is 3.13. The fourth-order valence-electron chi connectivity index (χ4n) is 2.16. The third-order valence-corrected chi connectivity index (χ3v) is 3.30. The lowest BCUT2D eigenvalue weighted by Crippen LogP contribution is -2.24. The minimum atomic E-state index is -0.468. The van der Waals surface area contributed by atoms with E-state index in [9.17, 15) is 4.39 Å². The maximum absolute atomic E-state index is 13.7. The molecule has 0 bridgehead atoms. The number of hydrogen-bond donors (Lipinski definition) is 0. The molecule has 3 rings (SSSR count). The SMILES string of the molecule is N#Cc1ccc(N(Cc2ccco2)C2CC2)cc1F. The highest BCUT2D eigenvalue weighted by Crippen LogP contribution is 2.33. The molecule has 0 spiro atoms. The van der Waals surface area contributed by atoms with Gasteiger partial charge in [-0.3, -0.25) is 0 Å². The number of rotatable bonds is 4. The second-order valence-corrected chi connectivity index (χ2v) is 4.71. The van der Waals surface area contributed by atoms with Crippen LogP contribution in [0.1, 0.15) is 24.2 Å². The van der Waals surface area contributed by atoms with Crippen molar-refractivity contribution in [3.63, 3.8) is 0 Å². The molecule has 0 N–H and O–H groups in total. The lowest BCUT2D eigenvalue weighted by Gasteiger charge is -2.23. The molecule has 1 saturated carbocycles. The van der Waals surface area contributed by atoms with E-state index in [1.807, 2.05) is 18.2 Å². The van der Waals surface area contributed by atoms with E-state index < -0.39 is 5.82 Å². The molecule has 0 unspecified atom stereocenters. The van der Waals surface area contributed by atoms with Crippen LogP contribution in [0.25, 0.3) is 0 Å². The highest BCUT2D eigenvalue weighted by atomic mass is 19.1. The molecule has 1 aromatic heterocycles. The number of anilines is 1. The van der Waals surface area contributed by atoms with Crippen LogP contribution >= 0.6 is 0 Å². The molecule has 1 aliphatic carbocycles. The van der Waals surface area contributed by atoms with E-state index in [1.54, 1.807) is 12.3 Å². The number of benzene rings is 1. The summed E-state index contributed by atoms with van der Waals surface area (Å²) in [5.41, 5.74) is 0.882. The van der Waals surface area contributed by atoms with Gasteiger partial charge < -0.3 is 9.32 Å². The van der Waals surface area contributed by atoms with Gasteiger partial charge in [0.05, 0.1) is 18.4 Å². The number of nitrogens with zero attached hydrogens (tertiary/aromatic N) is 2. The van der Waals surface area contributed by atoms with Crippen molar-refractivity contribution in [2.45, 2.75) is 25.4 Å². The van der Waals surface area contributed by atoms with Crippen LogP contribution in [0.15, 0.2) is 41.0 Å². The molecule has 0 amide bonds. The van der Waals surface area contributed by atoms with Gasteiger partial charge in [-0.25, -0.2) is 4.39 Å². The zero-order valence-electron chi connectivity index (χ0n) is 10.3. The van der Waals surface area contributed by atoms with Crippen molar-refractivity contribution in [1.82, 2.24) is 0 Å². The van der Waals surface area contributed by atoms with Crippen LogP contribution in [0.3, 0.4) is 0 Å². The van der Waals surface area contributed by atoms with Crippen LogP contribution < -0.4 is 4.90 Å². The summed E-state index contributed by atoms with van der Waals surface area (Å²) in [6.07, 6.45) is 3.87. The number of halogens is 1. The maximum Gasteiger partial charge on any atom is 0.143 e. The van der Waals surface area contributed by atoms with Crippen LogP contribution in [-0.4, -0.2) is 6.04 Å². The van der Waals surface area contributed by atoms with Crippen molar-refractivity contribution in [2.75, 3.05) is 4.90 Å². The van der Waals surface area contributed by atoms with E-state index in [2.05, 4.69) is 4.90 Å². The van der Waals surface area contributed by atoms with Crippen molar-refractivity contribution in [2.24, 2.45) is 0 Å². The predicted molar refractivity (Wildman–Crippen MR) is 69.0 cm³/mol. The van der Waals surface area contributed by atoms with Gasteiger partial charge in [-0.2, -0.15) is 5.26 Å². The summed E-state index contributed by atoms with van der Waals surface area (Å²) < 4.78 is 19.1. The van der Waals surface area contributed by atoms with Crippen LogP contribution in [0.5, 0.6) is 0 Å². The van der Waals surface area contributed by atoms with Gasteiger partial charge in [0.25, 0.3) is 0 Å². The van der Waals surface area contributed by atoms with Crippen LogP contribution in [-0.2, 0) is 6.54 Å². The number of nitriles is 1. The minimum Gasteiger partial charge on any atom is -0.467 e. The normalized spacial score (nSPS) is 14.1. The summed E-state index contributed by atoms with van der Waals surface area (Å²) >= 11 is 0. The second kappa shape index (κ2) is 4.77. The van der Waals surface area contributed by atoms with Crippen molar-refractivity contribution in [3.05, 3.63) is 53.7 Å².